The van der Waals surface area contributed by atoms with E-state index >= 15 is 0 Å². The lowest BCUT2D eigenvalue weighted by Gasteiger charge is -2.39. The summed E-state index contributed by atoms with van der Waals surface area (Å²) >= 11 is 0. The van der Waals surface area contributed by atoms with E-state index < -0.39 is 18.5 Å². The Bertz CT molecular complexity index is 4060. The molecule has 7 fully saturated rings. The molecule has 13 heterocycles. The van der Waals surface area contributed by atoms with Gasteiger partial charge in [-0.25, -0.2) is 38.1 Å². The molecule has 13 rings (SSSR count). The molecule has 0 bridgehead atoms. The lowest BCUT2D eigenvalue weighted by atomic mass is 9.79. The van der Waals surface area contributed by atoms with Crippen molar-refractivity contribution in [1.82, 2.24) is 40.0 Å². The van der Waals surface area contributed by atoms with Crippen LogP contribution in [0.4, 0.5) is 48.1 Å². The first kappa shape index (κ1) is 101. The van der Waals surface area contributed by atoms with Crippen LogP contribution in [0, 0.1) is 187 Å². The van der Waals surface area contributed by atoms with Gasteiger partial charge in [-0.1, -0.05) is 153 Å². The van der Waals surface area contributed by atoms with Crippen molar-refractivity contribution < 1.29 is 13.2 Å². The molecule has 0 amide bonds. The Kier molecular flexibility index (Phi) is 41.3. The average Bonchev–Trinajstić information content (AvgIpc) is 0.872. The van der Waals surface area contributed by atoms with Gasteiger partial charge in [0, 0.05) is 131 Å². The molecule has 0 aromatic carbocycles. The summed E-state index contributed by atoms with van der Waals surface area (Å²) in [6.45, 7) is 50.6. The summed E-state index contributed by atoms with van der Waals surface area (Å²) in [7, 11) is 0. The molecule has 19 heteroatoms. The van der Waals surface area contributed by atoms with E-state index in [9.17, 15) is 13.2 Å². The van der Waals surface area contributed by atoms with E-state index in [0.29, 0.717) is 60.5 Å². The molecule has 670 valence electrons. The number of terminal acetylenes is 7. The number of aromatic nitrogens is 7. The molecule has 7 aliphatic rings. The highest BCUT2D eigenvalue weighted by Crippen LogP contribution is 2.37. The summed E-state index contributed by atoms with van der Waals surface area (Å²) in [6, 6.07) is 23.3. The quantitative estimate of drug-likeness (QED) is 0.0736. The molecule has 0 spiro atoms. The zero-order valence-corrected chi connectivity index (χ0v) is 78.2. The van der Waals surface area contributed by atoms with Crippen molar-refractivity contribution in [2.24, 2.45) is 112 Å². The van der Waals surface area contributed by atoms with Crippen LogP contribution in [0.25, 0.3) is 0 Å². The van der Waals surface area contributed by atoms with E-state index in [-0.39, 0.29) is 17.8 Å². The molecular formula is C106H145F3N16. The molecule has 16 nitrogen and oxygen atoms in total. The van der Waals surface area contributed by atoms with Crippen LogP contribution in [0.1, 0.15) is 203 Å². The van der Waals surface area contributed by atoms with Crippen molar-refractivity contribution in [2.45, 2.75) is 188 Å². The Morgan fingerprint density at radius 1 is 0.328 bits per heavy atom. The Morgan fingerprint density at radius 2 is 0.608 bits per heavy atom. The lowest BCUT2D eigenvalue weighted by molar-refractivity contribution is 0.0787. The second-order valence-electron chi connectivity index (χ2n) is 37.4. The average molecular weight is 1700 g/mol. The number of alkyl halides is 3. The summed E-state index contributed by atoms with van der Waals surface area (Å²) < 4.78 is 42.1. The molecular weight excluding hydrogens is 1550 g/mol. The Balaban J connectivity index is 0.000000200. The fraction of sp³-hybridized carbons (Fsp3) is 0.557. The summed E-state index contributed by atoms with van der Waals surface area (Å²) in [5, 5.41) is 8.23. The van der Waals surface area contributed by atoms with Gasteiger partial charge in [0.25, 0.3) is 0 Å². The maximum absolute atomic E-state index is 14.1. The number of nitrogens with two attached hydrogens (primary N) is 2. The number of allylic oxidation sites excluding steroid dienone is 3. The van der Waals surface area contributed by atoms with Crippen LogP contribution in [0.5, 0.6) is 0 Å². The number of piperidine rings is 7. The highest BCUT2D eigenvalue weighted by Gasteiger charge is 2.36. The third-order valence-corrected chi connectivity index (χ3v) is 26.6. The fourth-order valence-electron chi connectivity index (χ4n) is 18.7. The van der Waals surface area contributed by atoms with Crippen LogP contribution in [0.15, 0.2) is 127 Å². The van der Waals surface area contributed by atoms with E-state index in [1.807, 2.05) is 87.5 Å². The summed E-state index contributed by atoms with van der Waals surface area (Å²) in [5.41, 5.74) is 16.3. The number of likely N-dealkylation sites (tertiary alicyclic amines) is 1. The van der Waals surface area contributed by atoms with Gasteiger partial charge in [0.2, 0.25) is 0 Å². The van der Waals surface area contributed by atoms with Gasteiger partial charge in [0.05, 0.1) is 31.2 Å². The first-order valence-electron chi connectivity index (χ1n) is 45.7. The summed E-state index contributed by atoms with van der Waals surface area (Å²) in [5.74, 6) is 34.2. The van der Waals surface area contributed by atoms with Crippen molar-refractivity contribution in [3.05, 3.63) is 161 Å². The SMILES string of the molecule is C#C/C(N)=C/C=C(\N)N1CC[C@@H](C(C)C)[C@@H](F)C1.C#Cc1ccc(N2CCC(C(C)C)CC2)nc1.C#Cc1ccc(N2CC[C@@H](C(C)C)[C@@H](C)C2)nc1.C#Cc1ccc(N2CC[C@@H](C(C)C)[C@@H](F)C2)nc1.C#Cc1ccc(N2CC[C@@H](C(C)C)[C@@H](F)C2)nc1.C#Cc1ccc(N2CC[C@H](C(C)C)[C@H](C)C2)nc1.C#Cc1ccc(N2CC[C@H](C(C)C)[C@H](C)C2)nn1. The fourth-order valence-corrected chi connectivity index (χ4v) is 18.7. The molecule has 0 saturated carbocycles. The number of rotatable bonds is 15. The smallest absolute Gasteiger partial charge is 0.151 e. The van der Waals surface area contributed by atoms with E-state index in [0.717, 1.165) is 213 Å². The minimum absolute atomic E-state index is 0.125. The predicted molar refractivity (Wildman–Crippen MR) is 516 cm³/mol. The molecule has 12 atom stereocenters. The predicted octanol–water partition coefficient (Wildman–Crippen LogP) is 19.2. The molecule has 6 aromatic heterocycles. The van der Waals surface area contributed by atoms with Gasteiger partial charge in [0.1, 0.15) is 53.3 Å². The normalized spacial score (nSPS) is 23.4. The van der Waals surface area contributed by atoms with Gasteiger partial charge in [0.15, 0.2) is 5.82 Å². The van der Waals surface area contributed by atoms with Gasteiger partial charge in [-0.15, -0.1) is 55.2 Å². The Morgan fingerprint density at radius 3 is 0.856 bits per heavy atom. The summed E-state index contributed by atoms with van der Waals surface area (Å²) in [6.07, 6.45) is 55.4. The number of hydrogen-bond acceptors (Lipinski definition) is 16. The van der Waals surface area contributed by atoms with Crippen LogP contribution >= 0.6 is 0 Å². The van der Waals surface area contributed by atoms with E-state index in [2.05, 4.69) is 214 Å². The maximum Gasteiger partial charge on any atom is 0.151 e. The number of anilines is 6. The highest BCUT2D eigenvalue weighted by atomic mass is 19.1. The number of nitrogens with zero attached hydrogens (tertiary/aromatic N) is 14. The van der Waals surface area contributed by atoms with Gasteiger partial charge < -0.3 is 45.8 Å². The maximum atomic E-state index is 14.1. The Hall–Kier alpha value is -10.8. The molecule has 0 radical (unpaired) electrons. The molecule has 7 aliphatic heterocycles. The van der Waals surface area contributed by atoms with Crippen LogP contribution in [0.2, 0.25) is 0 Å². The molecule has 0 aliphatic carbocycles. The van der Waals surface area contributed by atoms with Crippen molar-refractivity contribution in [3.63, 3.8) is 0 Å². The van der Waals surface area contributed by atoms with E-state index in [1.165, 1.54) is 32.1 Å². The monoisotopic (exact) mass is 1700 g/mol. The van der Waals surface area contributed by atoms with Gasteiger partial charge in [-0.05, 0) is 243 Å². The standard InChI is InChI=1S/2C16H22N2.2C15H19FN2.C15H21N3.C15H20N2.C14H22FN3/c2*1-5-14-6-7-16(17-10-14)18-9-8-15(12(2)3)13(4)11-18;2*1-4-12-5-6-15(17-9-12)18-8-7-13(11(2)3)14(16)10-18;1-5-13-6-7-15(17-16-13)18-9-8-14(11(2)3)12(4)10-18;1-4-13-5-6-15(16-11-13)17-9-7-14(8-10-17)12(2)3;1-4-11(16)5-6-14(17)18-8-7-12(10(2)3)13(15)9-18/h2*1,6-7,10,12-13,15H,8-9,11H2,2-4H3;2*1,5-6,9,11,13-14H,7-8,10H2,2-3H3;1,6-7,11-12,14H,8-10H2,2-4H3;1,5-6,11-12,14H,7-10H2,2-3H3;1,5-6,10,12-13H,7-9,16-17H2,2-3H3/b;;;;;;11-5-,14-6+/t2*13-,15-;2*13-,14-;12-,14-;;12-,13-/m10001.0/s1. The third-order valence-electron chi connectivity index (χ3n) is 26.6. The second-order valence-corrected chi connectivity index (χ2v) is 37.4. The minimum atomic E-state index is -0.834. The highest BCUT2D eigenvalue weighted by molar-refractivity contribution is 5.48. The van der Waals surface area contributed by atoms with Gasteiger partial charge in [-0.2, -0.15) is 0 Å². The molecule has 6 aromatic rings. The van der Waals surface area contributed by atoms with Crippen LogP contribution in [-0.2, 0) is 0 Å². The van der Waals surface area contributed by atoms with Crippen molar-refractivity contribution in [3.8, 4) is 86.4 Å². The molecule has 7 saturated heterocycles. The number of halogens is 3. The second kappa shape index (κ2) is 51.0. The third kappa shape index (κ3) is 31.1. The van der Waals surface area contributed by atoms with E-state index in [4.69, 9.17) is 56.4 Å². The van der Waals surface area contributed by atoms with Crippen molar-refractivity contribution in [1.29, 1.82) is 0 Å². The molecule has 0 unspecified atom stereocenters. The van der Waals surface area contributed by atoms with Crippen LogP contribution in [-0.4, -0.2) is 150 Å². The first-order chi connectivity index (χ1) is 59.7. The van der Waals surface area contributed by atoms with Crippen LogP contribution < -0.4 is 40.9 Å². The van der Waals surface area contributed by atoms with Gasteiger partial charge >= 0.3 is 0 Å². The lowest BCUT2D eigenvalue weighted by Crippen LogP contribution is -2.44. The topological polar surface area (TPSA) is 165 Å². The summed E-state index contributed by atoms with van der Waals surface area (Å²) in [4.78, 5) is 37.2. The zero-order chi connectivity index (χ0) is 91.6. The van der Waals surface area contributed by atoms with Crippen molar-refractivity contribution in [2.75, 3.05) is 121 Å². The number of hydrogen-bond donors (Lipinski definition) is 2. The van der Waals surface area contributed by atoms with Crippen molar-refractivity contribution >= 4 is 34.9 Å². The zero-order valence-electron chi connectivity index (χ0n) is 78.2. The van der Waals surface area contributed by atoms with Crippen LogP contribution in [0.3, 0.4) is 0 Å². The van der Waals surface area contributed by atoms with Gasteiger partial charge in [-0.3, -0.25) is 0 Å². The minimum Gasteiger partial charge on any atom is -0.392 e. The van der Waals surface area contributed by atoms with E-state index in [1.54, 1.807) is 43.1 Å². The molecule has 4 N–H and O–H groups in total. The Labute approximate surface area is 751 Å². The number of pyridine rings is 5. The molecule has 125 heavy (non-hydrogen) atoms. The largest absolute Gasteiger partial charge is 0.392 e. The first-order valence-corrected chi connectivity index (χ1v) is 45.7.